The van der Waals surface area contributed by atoms with Crippen molar-refractivity contribution in [1.29, 1.82) is 0 Å². The normalized spacial score (nSPS) is 13.0. The fraction of sp³-hybridized carbons (Fsp3) is 0.214. The van der Waals surface area contributed by atoms with Crippen molar-refractivity contribution in [3.8, 4) is 0 Å². The van der Waals surface area contributed by atoms with Gasteiger partial charge in [0.05, 0.1) is 21.9 Å². The third-order valence-electron chi connectivity index (χ3n) is 2.94. The molecule has 0 saturated heterocycles. The Kier molecular flexibility index (Phi) is 4.76. The van der Waals surface area contributed by atoms with Gasteiger partial charge in [-0.25, -0.2) is 13.4 Å². The number of hydrogen-bond acceptors (Lipinski definition) is 4. The van der Waals surface area contributed by atoms with Crippen LogP contribution in [0.3, 0.4) is 0 Å². The molecule has 1 heterocycles. The van der Waals surface area contributed by atoms with Crippen molar-refractivity contribution in [2.45, 2.75) is 18.0 Å². The number of nitrogens with zero attached hydrogens (tertiary/aromatic N) is 1. The topological polar surface area (TPSA) is 59.1 Å². The van der Waals surface area contributed by atoms with Gasteiger partial charge in [-0.2, -0.15) is 0 Å². The van der Waals surface area contributed by atoms with Crippen LogP contribution in [0.5, 0.6) is 0 Å². The van der Waals surface area contributed by atoms with Crippen molar-refractivity contribution >= 4 is 38.7 Å². The van der Waals surface area contributed by atoms with E-state index in [4.69, 9.17) is 23.2 Å². The van der Waals surface area contributed by atoms with Crippen LogP contribution in [-0.2, 0) is 9.84 Å². The van der Waals surface area contributed by atoms with E-state index in [1.54, 1.807) is 18.2 Å². The van der Waals surface area contributed by atoms with Crippen molar-refractivity contribution in [1.82, 2.24) is 4.98 Å². The highest BCUT2D eigenvalue weighted by molar-refractivity contribution is 7.90. The minimum atomic E-state index is -3.28. The maximum Gasteiger partial charge on any atom is 0.192 e. The van der Waals surface area contributed by atoms with Crippen LogP contribution >= 0.6 is 23.2 Å². The standard InChI is InChI=1S/C14H14Cl2N2O2S/c1-9(10-3-5-12(15)13(16)7-10)18-11-4-6-14(17-8-11)21(2,19)20/h3-9,18H,1-2H3. The van der Waals surface area contributed by atoms with Gasteiger partial charge in [0.1, 0.15) is 0 Å². The largest absolute Gasteiger partial charge is 0.377 e. The van der Waals surface area contributed by atoms with Crippen LogP contribution in [0.4, 0.5) is 5.69 Å². The van der Waals surface area contributed by atoms with E-state index in [0.717, 1.165) is 17.5 Å². The average Bonchev–Trinajstić information content (AvgIpc) is 2.41. The number of nitrogens with one attached hydrogen (secondary N) is 1. The Morgan fingerprint density at radius 1 is 1.14 bits per heavy atom. The van der Waals surface area contributed by atoms with Crippen LogP contribution in [0.25, 0.3) is 0 Å². The van der Waals surface area contributed by atoms with E-state index in [2.05, 4.69) is 10.3 Å². The quantitative estimate of drug-likeness (QED) is 0.911. The van der Waals surface area contributed by atoms with Crippen molar-refractivity contribution in [2.75, 3.05) is 11.6 Å². The highest BCUT2D eigenvalue weighted by atomic mass is 35.5. The summed E-state index contributed by atoms with van der Waals surface area (Å²) < 4.78 is 22.7. The van der Waals surface area contributed by atoms with Gasteiger partial charge in [-0.05, 0) is 36.8 Å². The zero-order chi connectivity index (χ0) is 15.6. The lowest BCUT2D eigenvalue weighted by atomic mass is 10.1. The Hall–Kier alpha value is -1.30. The van der Waals surface area contributed by atoms with Gasteiger partial charge in [-0.1, -0.05) is 29.3 Å². The predicted molar refractivity (Wildman–Crippen MR) is 85.8 cm³/mol. The number of sulfone groups is 1. The first-order chi connectivity index (χ1) is 9.77. The van der Waals surface area contributed by atoms with Gasteiger partial charge < -0.3 is 5.32 Å². The summed E-state index contributed by atoms with van der Waals surface area (Å²) in [7, 11) is -3.28. The second-order valence-electron chi connectivity index (χ2n) is 4.70. The van der Waals surface area contributed by atoms with E-state index < -0.39 is 9.84 Å². The molecule has 1 aromatic heterocycles. The minimum Gasteiger partial charge on any atom is -0.377 e. The van der Waals surface area contributed by atoms with Crippen LogP contribution in [0.15, 0.2) is 41.6 Å². The summed E-state index contributed by atoms with van der Waals surface area (Å²) in [5, 5.41) is 4.28. The summed E-state index contributed by atoms with van der Waals surface area (Å²) in [6.07, 6.45) is 2.62. The van der Waals surface area contributed by atoms with E-state index in [9.17, 15) is 8.42 Å². The van der Waals surface area contributed by atoms with Gasteiger partial charge in [0.25, 0.3) is 0 Å². The second-order valence-corrected chi connectivity index (χ2v) is 7.47. The summed E-state index contributed by atoms with van der Waals surface area (Å²) in [6, 6.07) is 8.54. The lowest BCUT2D eigenvalue weighted by molar-refractivity contribution is 0.598. The molecule has 0 fully saturated rings. The highest BCUT2D eigenvalue weighted by Gasteiger charge is 2.10. The third-order valence-corrected chi connectivity index (χ3v) is 4.68. The first kappa shape index (κ1) is 16.1. The smallest absolute Gasteiger partial charge is 0.192 e. The number of aromatic nitrogens is 1. The summed E-state index contributed by atoms with van der Waals surface area (Å²) in [5.74, 6) is 0. The number of rotatable bonds is 4. The van der Waals surface area contributed by atoms with Crippen molar-refractivity contribution in [2.24, 2.45) is 0 Å². The van der Waals surface area contributed by atoms with E-state index in [1.165, 1.54) is 12.3 Å². The molecule has 0 bridgehead atoms. The van der Waals surface area contributed by atoms with Gasteiger partial charge in [0.15, 0.2) is 14.9 Å². The Balaban J connectivity index is 2.15. The van der Waals surface area contributed by atoms with E-state index >= 15 is 0 Å². The van der Waals surface area contributed by atoms with Crippen LogP contribution in [-0.4, -0.2) is 19.7 Å². The molecule has 7 heteroatoms. The lowest BCUT2D eigenvalue weighted by Crippen LogP contribution is -2.08. The molecule has 4 nitrogen and oxygen atoms in total. The first-order valence-corrected chi connectivity index (χ1v) is 8.79. The van der Waals surface area contributed by atoms with Crippen LogP contribution in [0.2, 0.25) is 10.0 Å². The minimum absolute atomic E-state index is 0.0225. The molecule has 0 amide bonds. The molecule has 0 spiro atoms. The first-order valence-electron chi connectivity index (χ1n) is 6.15. The molecule has 1 aromatic carbocycles. The maximum absolute atomic E-state index is 11.3. The number of anilines is 1. The van der Waals surface area contributed by atoms with Gasteiger partial charge in [-0.3, -0.25) is 0 Å². The van der Waals surface area contributed by atoms with Crippen molar-refractivity contribution < 1.29 is 8.42 Å². The van der Waals surface area contributed by atoms with Gasteiger partial charge in [-0.15, -0.1) is 0 Å². The molecule has 0 aliphatic carbocycles. The second kappa shape index (κ2) is 6.22. The van der Waals surface area contributed by atoms with Gasteiger partial charge in [0, 0.05) is 12.3 Å². The zero-order valence-electron chi connectivity index (χ0n) is 11.5. The molecule has 1 atom stereocenters. The molecule has 0 radical (unpaired) electrons. The van der Waals surface area contributed by atoms with Gasteiger partial charge >= 0.3 is 0 Å². The molecular formula is C14H14Cl2N2O2S. The Labute approximate surface area is 134 Å². The Morgan fingerprint density at radius 3 is 2.38 bits per heavy atom. The SMILES string of the molecule is CC(Nc1ccc(S(C)(=O)=O)nc1)c1ccc(Cl)c(Cl)c1. The van der Waals surface area contributed by atoms with Crippen molar-refractivity contribution in [3.05, 3.63) is 52.1 Å². The van der Waals surface area contributed by atoms with E-state index in [1.807, 2.05) is 13.0 Å². The molecule has 0 aliphatic rings. The number of pyridine rings is 1. The highest BCUT2D eigenvalue weighted by Crippen LogP contribution is 2.27. The maximum atomic E-state index is 11.3. The monoisotopic (exact) mass is 344 g/mol. The molecule has 0 saturated carbocycles. The summed E-state index contributed by atoms with van der Waals surface area (Å²) in [4.78, 5) is 3.93. The van der Waals surface area contributed by atoms with Crippen LogP contribution in [0.1, 0.15) is 18.5 Å². The van der Waals surface area contributed by atoms with E-state index in [0.29, 0.717) is 10.0 Å². The number of halogens is 2. The van der Waals surface area contributed by atoms with Gasteiger partial charge in [0.2, 0.25) is 0 Å². The van der Waals surface area contributed by atoms with Crippen LogP contribution < -0.4 is 5.32 Å². The third kappa shape index (κ3) is 4.09. The molecule has 112 valence electrons. The molecule has 2 aromatic rings. The Bertz CT molecular complexity index is 746. The number of benzene rings is 1. The average molecular weight is 345 g/mol. The summed E-state index contributed by atoms with van der Waals surface area (Å²) in [6.45, 7) is 1.96. The van der Waals surface area contributed by atoms with E-state index in [-0.39, 0.29) is 11.1 Å². The van der Waals surface area contributed by atoms with Crippen molar-refractivity contribution in [3.63, 3.8) is 0 Å². The fourth-order valence-corrected chi connectivity index (χ4v) is 2.67. The molecule has 0 aliphatic heterocycles. The lowest BCUT2D eigenvalue weighted by Gasteiger charge is -2.16. The molecule has 1 N–H and O–H groups in total. The fourth-order valence-electron chi connectivity index (χ4n) is 1.80. The van der Waals surface area contributed by atoms with Crippen LogP contribution in [0, 0.1) is 0 Å². The summed E-state index contributed by atoms with van der Waals surface area (Å²) in [5.41, 5.74) is 1.69. The molecule has 1 unspecified atom stereocenters. The molecular weight excluding hydrogens is 331 g/mol. The number of hydrogen-bond donors (Lipinski definition) is 1. The zero-order valence-corrected chi connectivity index (χ0v) is 13.8. The predicted octanol–water partition coefficient (Wildman–Crippen LogP) is 3.97. The molecule has 21 heavy (non-hydrogen) atoms. The summed E-state index contributed by atoms with van der Waals surface area (Å²) >= 11 is 11.9. The Morgan fingerprint density at radius 2 is 1.86 bits per heavy atom. The molecule has 2 rings (SSSR count).